The molecule has 3 aromatic rings. The average Bonchev–Trinajstić information content (AvgIpc) is 3.02. The van der Waals surface area contributed by atoms with Gasteiger partial charge in [0.2, 0.25) is 5.91 Å². The highest BCUT2D eigenvalue weighted by molar-refractivity contribution is 7.15. The van der Waals surface area contributed by atoms with Crippen molar-refractivity contribution in [3.63, 3.8) is 0 Å². The van der Waals surface area contributed by atoms with Crippen molar-refractivity contribution >= 4 is 22.9 Å². The van der Waals surface area contributed by atoms with Gasteiger partial charge >= 0.3 is 0 Å². The molecule has 0 saturated heterocycles. The summed E-state index contributed by atoms with van der Waals surface area (Å²) in [6, 6.07) is 15.1. The van der Waals surface area contributed by atoms with E-state index >= 15 is 0 Å². The van der Waals surface area contributed by atoms with Gasteiger partial charge in [-0.3, -0.25) is 4.79 Å². The number of methoxy groups -OCH3 is 2. The van der Waals surface area contributed by atoms with Gasteiger partial charge in [-0.2, -0.15) is 0 Å². The molecule has 1 amide bonds. The summed E-state index contributed by atoms with van der Waals surface area (Å²) < 4.78 is 10.4. The summed E-state index contributed by atoms with van der Waals surface area (Å²) in [5, 5.41) is 3.80. The highest BCUT2D eigenvalue weighted by atomic mass is 32.1. The molecule has 0 aliphatic heterocycles. The number of anilines is 1. The van der Waals surface area contributed by atoms with E-state index in [9.17, 15) is 4.79 Å². The lowest BCUT2D eigenvalue weighted by atomic mass is 10.2. The Morgan fingerprint density at radius 3 is 2.50 bits per heavy atom. The molecule has 0 bridgehead atoms. The number of rotatable bonds is 6. The van der Waals surface area contributed by atoms with Crippen LogP contribution < -0.4 is 14.8 Å². The van der Waals surface area contributed by atoms with Crippen molar-refractivity contribution in [1.82, 2.24) is 4.98 Å². The number of benzene rings is 2. The van der Waals surface area contributed by atoms with E-state index in [2.05, 4.69) is 10.3 Å². The highest BCUT2D eigenvalue weighted by Crippen LogP contribution is 2.29. The van der Waals surface area contributed by atoms with E-state index in [1.807, 2.05) is 49.4 Å². The predicted octanol–water partition coefficient (Wildman–Crippen LogP) is 4.32. The first-order valence-electron chi connectivity index (χ1n) is 8.13. The fraction of sp³-hybridized carbons (Fsp3) is 0.200. The number of nitrogens with zero attached hydrogens (tertiary/aromatic N) is 1. The van der Waals surface area contributed by atoms with Crippen LogP contribution in [-0.4, -0.2) is 25.1 Å². The zero-order valence-electron chi connectivity index (χ0n) is 14.9. The molecule has 1 N–H and O–H groups in total. The lowest BCUT2D eigenvalue weighted by Crippen LogP contribution is -2.14. The fourth-order valence-corrected chi connectivity index (χ4v) is 3.57. The Hall–Kier alpha value is -2.86. The van der Waals surface area contributed by atoms with Gasteiger partial charge in [-0.25, -0.2) is 4.98 Å². The molecule has 134 valence electrons. The molecule has 0 aliphatic carbocycles. The van der Waals surface area contributed by atoms with E-state index in [0.29, 0.717) is 11.4 Å². The molecule has 3 rings (SSSR count). The number of ether oxygens (including phenoxy) is 2. The number of aryl methyl sites for hydroxylation is 1. The maximum atomic E-state index is 12.4. The fourth-order valence-electron chi connectivity index (χ4n) is 2.50. The summed E-state index contributed by atoms with van der Waals surface area (Å²) in [7, 11) is 3.24. The van der Waals surface area contributed by atoms with E-state index in [4.69, 9.17) is 9.47 Å². The van der Waals surface area contributed by atoms with Crippen LogP contribution in [-0.2, 0) is 11.2 Å². The van der Waals surface area contributed by atoms with Gasteiger partial charge in [-0.05, 0) is 43.3 Å². The zero-order chi connectivity index (χ0) is 18.5. The summed E-state index contributed by atoms with van der Waals surface area (Å²) in [6.45, 7) is 1.93. The molecule has 26 heavy (non-hydrogen) atoms. The zero-order valence-corrected chi connectivity index (χ0v) is 15.7. The quantitative estimate of drug-likeness (QED) is 0.704. The number of thiazole rings is 1. The number of carbonyl (C=O) groups is 1. The van der Waals surface area contributed by atoms with Crippen molar-refractivity contribution in [2.45, 2.75) is 13.3 Å². The van der Waals surface area contributed by atoms with E-state index in [-0.39, 0.29) is 12.3 Å². The molecule has 0 saturated carbocycles. The number of nitrogens with one attached hydrogen (secondary N) is 1. The molecule has 0 fully saturated rings. The molecule has 6 heteroatoms. The Morgan fingerprint density at radius 1 is 1.08 bits per heavy atom. The summed E-state index contributed by atoms with van der Waals surface area (Å²) in [6.07, 6.45) is 0.289. The lowest BCUT2D eigenvalue weighted by molar-refractivity contribution is -0.115. The summed E-state index contributed by atoms with van der Waals surface area (Å²) >= 11 is 1.54. The van der Waals surface area contributed by atoms with Gasteiger partial charge in [0.05, 0.1) is 26.3 Å². The third-order valence-electron chi connectivity index (χ3n) is 3.90. The third kappa shape index (κ3) is 4.21. The van der Waals surface area contributed by atoms with Crippen molar-refractivity contribution in [1.29, 1.82) is 0 Å². The first kappa shape index (κ1) is 17.9. The summed E-state index contributed by atoms with van der Waals surface area (Å²) in [5.74, 6) is 1.43. The van der Waals surface area contributed by atoms with E-state index < -0.39 is 0 Å². The second kappa shape index (κ2) is 8.01. The molecule has 0 aliphatic rings. The van der Waals surface area contributed by atoms with Gasteiger partial charge in [-0.15, -0.1) is 11.3 Å². The van der Waals surface area contributed by atoms with Gasteiger partial charge in [0.1, 0.15) is 16.5 Å². The van der Waals surface area contributed by atoms with Gasteiger partial charge in [0.25, 0.3) is 0 Å². The minimum absolute atomic E-state index is 0.0775. The SMILES string of the molecule is COc1ccc(-c2nc(C)c(CC(=O)Nc3cccc(OC)c3)s2)cc1. The van der Waals surface area contributed by atoms with Gasteiger partial charge in [0.15, 0.2) is 0 Å². The standard InChI is InChI=1S/C20H20N2O3S/c1-13-18(12-19(23)22-15-5-4-6-17(11-15)25-3)26-20(21-13)14-7-9-16(24-2)10-8-14/h4-11H,12H2,1-3H3,(H,22,23). The largest absolute Gasteiger partial charge is 0.497 e. The maximum absolute atomic E-state index is 12.4. The van der Waals surface area contributed by atoms with Crippen LogP contribution in [0.5, 0.6) is 11.5 Å². The molecule has 0 atom stereocenters. The summed E-state index contributed by atoms with van der Waals surface area (Å²) in [4.78, 5) is 17.9. The van der Waals surface area contributed by atoms with Crippen LogP contribution in [0.1, 0.15) is 10.6 Å². The van der Waals surface area contributed by atoms with E-state index in [1.165, 1.54) is 11.3 Å². The minimum atomic E-state index is -0.0775. The maximum Gasteiger partial charge on any atom is 0.229 e. The number of amides is 1. The molecule has 0 spiro atoms. The number of carbonyl (C=O) groups excluding carboxylic acids is 1. The van der Waals surface area contributed by atoms with Gasteiger partial charge in [0, 0.05) is 22.2 Å². The van der Waals surface area contributed by atoms with Crippen LogP contribution in [0.15, 0.2) is 48.5 Å². The molecule has 0 unspecified atom stereocenters. The van der Waals surface area contributed by atoms with Crippen LogP contribution in [0, 0.1) is 6.92 Å². The Morgan fingerprint density at radius 2 is 1.81 bits per heavy atom. The van der Waals surface area contributed by atoms with Crippen LogP contribution in [0.2, 0.25) is 0 Å². The van der Waals surface area contributed by atoms with Crippen LogP contribution in [0.4, 0.5) is 5.69 Å². The second-order valence-electron chi connectivity index (χ2n) is 5.71. The first-order valence-corrected chi connectivity index (χ1v) is 8.95. The molecule has 1 heterocycles. The Bertz CT molecular complexity index is 904. The second-order valence-corrected chi connectivity index (χ2v) is 6.80. The number of aromatic nitrogens is 1. The monoisotopic (exact) mass is 368 g/mol. The molecule has 2 aromatic carbocycles. The normalized spacial score (nSPS) is 10.4. The lowest BCUT2D eigenvalue weighted by Gasteiger charge is -2.06. The van der Waals surface area contributed by atoms with Crippen molar-refractivity contribution in [3.05, 3.63) is 59.1 Å². The Labute approximate surface area is 156 Å². The van der Waals surface area contributed by atoms with Gasteiger partial charge < -0.3 is 14.8 Å². The molecule has 5 nitrogen and oxygen atoms in total. The van der Waals surface area contributed by atoms with Crippen molar-refractivity contribution in [2.24, 2.45) is 0 Å². The number of hydrogen-bond donors (Lipinski definition) is 1. The average molecular weight is 368 g/mol. The highest BCUT2D eigenvalue weighted by Gasteiger charge is 2.13. The van der Waals surface area contributed by atoms with Crippen molar-refractivity contribution in [3.8, 4) is 22.1 Å². The van der Waals surface area contributed by atoms with Crippen LogP contribution in [0.3, 0.4) is 0 Å². The Kier molecular flexibility index (Phi) is 5.53. The molecule has 1 aromatic heterocycles. The first-order chi connectivity index (χ1) is 12.6. The topological polar surface area (TPSA) is 60.5 Å². The van der Waals surface area contributed by atoms with Crippen LogP contribution >= 0.6 is 11.3 Å². The molecular formula is C20H20N2O3S. The smallest absolute Gasteiger partial charge is 0.229 e. The van der Waals surface area contributed by atoms with Crippen molar-refractivity contribution < 1.29 is 14.3 Å². The predicted molar refractivity (Wildman–Crippen MR) is 104 cm³/mol. The van der Waals surface area contributed by atoms with Gasteiger partial charge in [-0.1, -0.05) is 6.07 Å². The Balaban J connectivity index is 1.71. The van der Waals surface area contributed by atoms with Crippen LogP contribution in [0.25, 0.3) is 10.6 Å². The molecular weight excluding hydrogens is 348 g/mol. The van der Waals surface area contributed by atoms with E-state index in [0.717, 1.165) is 26.9 Å². The molecule has 0 radical (unpaired) electrons. The summed E-state index contributed by atoms with van der Waals surface area (Å²) in [5.41, 5.74) is 2.60. The number of hydrogen-bond acceptors (Lipinski definition) is 5. The van der Waals surface area contributed by atoms with Crippen molar-refractivity contribution in [2.75, 3.05) is 19.5 Å². The minimum Gasteiger partial charge on any atom is -0.497 e. The van der Waals surface area contributed by atoms with E-state index in [1.54, 1.807) is 20.3 Å². The third-order valence-corrected chi connectivity index (χ3v) is 5.11.